The van der Waals surface area contributed by atoms with Crippen LogP contribution in [0.25, 0.3) is 10.9 Å². The minimum atomic E-state index is -3.73. The lowest BCUT2D eigenvalue weighted by Crippen LogP contribution is -2.14. The minimum absolute atomic E-state index is 0.198. The standard InChI is InChI=1S/C14H14N4O2S/c1-10-2-4-11(5-3-10)21(19,20)18-14-6-7-16-13(8-15)12(14)9-17-18/h2-7,9H,8,15H2,1H3. The van der Waals surface area contributed by atoms with E-state index in [9.17, 15) is 8.42 Å². The molecule has 3 aromatic rings. The number of aromatic nitrogens is 3. The Morgan fingerprint density at radius 3 is 2.57 bits per heavy atom. The Morgan fingerprint density at radius 1 is 1.19 bits per heavy atom. The number of nitrogens with zero attached hydrogens (tertiary/aromatic N) is 3. The Kier molecular flexibility index (Phi) is 3.23. The molecule has 0 fully saturated rings. The van der Waals surface area contributed by atoms with Crippen molar-refractivity contribution in [1.82, 2.24) is 14.2 Å². The van der Waals surface area contributed by atoms with E-state index >= 15 is 0 Å². The molecule has 2 heterocycles. The lowest BCUT2D eigenvalue weighted by Gasteiger charge is -2.06. The molecule has 108 valence electrons. The maximum atomic E-state index is 12.7. The number of pyridine rings is 1. The van der Waals surface area contributed by atoms with E-state index in [1.807, 2.05) is 6.92 Å². The lowest BCUT2D eigenvalue weighted by molar-refractivity contribution is 0.582. The third kappa shape index (κ3) is 2.20. The van der Waals surface area contributed by atoms with Crippen molar-refractivity contribution >= 4 is 20.9 Å². The number of aryl methyl sites for hydroxylation is 1. The average molecular weight is 302 g/mol. The van der Waals surface area contributed by atoms with Gasteiger partial charge in [-0.3, -0.25) is 4.98 Å². The fraction of sp³-hybridized carbons (Fsp3) is 0.143. The molecule has 0 aliphatic heterocycles. The second kappa shape index (κ2) is 4.94. The molecule has 6 nitrogen and oxygen atoms in total. The number of nitrogens with two attached hydrogens (primary N) is 1. The van der Waals surface area contributed by atoms with Gasteiger partial charge < -0.3 is 5.73 Å². The van der Waals surface area contributed by atoms with Crippen LogP contribution in [0.4, 0.5) is 0 Å². The Morgan fingerprint density at radius 2 is 1.90 bits per heavy atom. The van der Waals surface area contributed by atoms with Crippen molar-refractivity contribution in [2.45, 2.75) is 18.4 Å². The molecule has 0 atom stereocenters. The molecule has 2 aromatic heterocycles. The SMILES string of the molecule is Cc1ccc(S(=O)(=O)n2ncc3c(CN)nccc32)cc1. The van der Waals surface area contributed by atoms with Gasteiger partial charge in [-0.25, -0.2) is 0 Å². The molecule has 0 saturated heterocycles. The van der Waals surface area contributed by atoms with E-state index in [-0.39, 0.29) is 11.4 Å². The highest BCUT2D eigenvalue weighted by atomic mass is 32.2. The molecule has 2 N–H and O–H groups in total. The van der Waals surface area contributed by atoms with Gasteiger partial charge in [-0.2, -0.15) is 17.6 Å². The summed E-state index contributed by atoms with van der Waals surface area (Å²) in [4.78, 5) is 4.33. The smallest absolute Gasteiger partial charge is 0.283 e. The average Bonchev–Trinajstić information content (AvgIpc) is 2.92. The second-order valence-electron chi connectivity index (χ2n) is 4.70. The van der Waals surface area contributed by atoms with Crippen molar-refractivity contribution in [1.29, 1.82) is 0 Å². The summed E-state index contributed by atoms with van der Waals surface area (Å²) in [5, 5.41) is 4.66. The molecule has 21 heavy (non-hydrogen) atoms. The van der Waals surface area contributed by atoms with E-state index in [2.05, 4.69) is 10.1 Å². The molecule has 0 spiro atoms. The fourth-order valence-electron chi connectivity index (χ4n) is 2.15. The fourth-order valence-corrected chi connectivity index (χ4v) is 3.42. The van der Waals surface area contributed by atoms with Crippen molar-refractivity contribution < 1.29 is 8.42 Å². The van der Waals surface area contributed by atoms with Gasteiger partial charge in [-0.1, -0.05) is 17.7 Å². The van der Waals surface area contributed by atoms with Gasteiger partial charge in [0.15, 0.2) is 0 Å². The predicted molar refractivity (Wildman–Crippen MR) is 79.2 cm³/mol. The van der Waals surface area contributed by atoms with Crippen LogP contribution in [0, 0.1) is 6.92 Å². The van der Waals surface area contributed by atoms with Crippen molar-refractivity contribution in [3.63, 3.8) is 0 Å². The van der Waals surface area contributed by atoms with Crippen molar-refractivity contribution in [3.05, 3.63) is 54.0 Å². The summed E-state index contributed by atoms with van der Waals surface area (Å²) in [6.07, 6.45) is 3.02. The lowest BCUT2D eigenvalue weighted by atomic mass is 10.2. The number of rotatable bonds is 3. The monoisotopic (exact) mass is 302 g/mol. The molecule has 1 aromatic carbocycles. The number of fused-ring (bicyclic) bond motifs is 1. The largest absolute Gasteiger partial charge is 0.325 e. The van der Waals surface area contributed by atoms with Crippen LogP contribution < -0.4 is 5.73 Å². The van der Waals surface area contributed by atoms with E-state index in [0.29, 0.717) is 16.6 Å². The molecule has 3 rings (SSSR count). The van der Waals surface area contributed by atoms with Crippen molar-refractivity contribution in [3.8, 4) is 0 Å². The highest BCUT2D eigenvalue weighted by molar-refractivity contribution is 7.90. The molecule has 0 amide bonds. The number of hydrogen-bond acceptors (Lipinski definition) is 5. The van der Waals surface area contributed by atoms with Crippen LogP contribution in [0.15, 0.2) is 47.6 Å². The van der Waals surface area contributed by atoms with E-state index in [4.69, 9.17) is 5.73 Å². The number of hydrogen-bond donors (Lipinski definition) is 1. The van der Waals surface area contributed by atoms with Crippen LogP contribution in [0.2, 0.25) is 0 Å². The summed E-state index contributed by atoms with van der Waals surface area (Å²) < 4.78 is 26.4. The minimum Gasteiger partial charge on any atom is -0.325 e. The van der Waals surface area contributed by atoms with E-state index in [1.54, 1.807) is 30.3 Å². The maximum Gasteiger partial charge on any atom is 0.283 e. The summed E-state index contributed by atoms with van der Waals surface area (Å²) in [5.74, 6) is 0. The molecule has 0 aliphatic rings. The summed E-state index contributed by atoms with van der Waals surface area (Å²) in [7, 11) is -3.73. The van der Waals surface area contributed by atoms with E-state index in [0.717, 1.165) is 9.65 Å². The van der Waals surface area contributed by atoms with E-state index < -0.39 is 10.0 Å². The first-order valence-electron chi connectivity index (χ1n) is 6.38. The van der Waals surface area contributed by atoms with Crippen LogP contribution in [0.3, 0.4) is 0 Å². The van der Waals surface area contributed by atoms with Gasteiger partial charge in [0.1, 0.15) is 0 Å². The zero-order chi connectivity index (χ0) is 15.0. The Hall–Kier alpha value is -2.25. The van der Waals surface area contributed by atoms with Crippen LogP contribution in [0.1, 0.15) is 11.3 Å². The summed E-state index contributed by atoms with van der Waals surface area (Å²) in [5.41, 5.74) is 7.71. The van der Waals surface area contributed by atoms with Gasteiger partial charge in [0.2, 0.25) is 0 Å². The molecule has 7 heteroatoms. The normalized spacial score (nSPS) is 11.9. The quantitative estimate of drug-likeness (QED) is 0.790. The summed E-state index contributed by atoms with van der Waals surface area (Å²) >= 11 is 0. The van der Waals surface area contributed by atoms with Gasteiger partial charge in [-0.05, 0) is 25.1 Å². The molecule has 0 radical (unpaired) electrons. The topological polar surface area (TPSA) is 90.9 Å². The van der Waals surface area contributed by atoms with Crippen LogP contribution in [-0.4, -0.2) is 22.6 Å². The molecular formula is C14H14N4O2S. The van der Waals surface area contributed by atoms with Gasteiger partial charge in [0.25, 0.3) is 10.0 Å². The Bertz CT molecular complexity index is 898. The third-order valence-corrected chi connectivity index (χ3v) is 4.90. The predicted octanol–water partition coefficient (Wildman–Crippen LogP) is 1.44. The van der Waals surface area contributed by atoms with Gasteiger partial charge in [0, 0.05) is 18.1 Å². The first kappa shape index (κ1) is 13.7. The van der Waals surface area contributed by atoms with Crippen molar-refractivity contribution in [2.75, 3.05) is 0 Å². The highest BCUT2D eigenvalue weighted by Crippen LogP contribution is 2.21. The Balaban J connectivity index is 2.22. The van der Waals surface area contributed by atoms with Crippen LogP contribution >= 0.6 is 0 Å². The maximum absolute atomic E-state index is 12.7. The second-order valence-corrected chi connectivity index (χ2v) is 6.47. The summed E-state index contributed by atoms with van der Waals surface area (Å²) in [6, 6.07) is 8.27. The summed E-state index contributed by atoms with van der Waals surface area (Å²) in [6.45, 7) is 2.13. The van der Waals surface area contributed by atoms with Gasteiger partial charge in [-0.15, -0.1) is 0 Å². The van der Waals surface area contributed by atoms with Crippen LogP contribution in [-0.2, 0) is 16.6 Å². The molecule has 0 unspecified atom stereocenters. The first-order chi connectivity index (χ1) is 10.0. The molecule has 0 aliphatic carbocycles. The van der Waals surface area contributed by atoms with Gasteiger partial charge in [0.05, 0.1) is 22.3 Å². The van der Waals surface area contributed by atoms with Crippen LogP contribution in [0.5, 0.6) is 0 Å². The van der Waals surface area contributed by atoms with E-state index in [1.165, 1.54) is 12.4 Å². The zero-order valence-electron chi connectivity index (χ0n) is 11.4. The van der Waals surface area contributed by atoms with Gasteiger partial charge >= 0.3 is 0 Å². The third-order valence-electron chi connectivity index (χ3n) is 3.29. The highest BCUT2D eigenvalue weighted by Gasteiger charge is 2.21. The molecule has 0 saturated carbocycles. The molecular weight excluding hydrogens is 288 g/mol. The Labute approximate surface area is 122 Å². The van der Waals surface area contributed by atoms with Crippen molar-refractivity contribution in [2.24, 2.45) is 5.73 Å². The number of benzene rings is 1. The zero-order valence-corrected chi connectivity index (χ0v) is 12.2. The molecule has 0 bridgehead atoms. The first-order valence-corrected chi connectivity index (χ1v) is 7.82.